The van der Waals surface area contributed by atoms with Crippen LogP contribution in [-0.2, 0) is 16.0 Å². The molecule has 1 saturated carbocycles. The maximum atomic E-state index is 11.8. The van der Waals surface area contributed by atoms with Crippen molar-refractivity contribution < 1.29 is 9.53 Å². The van der Waals surface area contributed by atoms with Crippen LogP contribution in [0.2, 0.25) is 0 Å². The Bertz CT molecular complexity index is 727. The molecule has 0 spiro atoms. The summed E-state index contributed by atoms with van der Waals surface area (Å²) in [6.45, 7) is 4.09. The van der Waals surface area contributed by atoms with Gasteiger partial charge in [-0.2, -0.15) is 0 Å². The Labute approximate surface area is 135 Å². The molecule has 6 heteroatoms. The van der Waals surface area contributed by atoms with E-state index in [1.54, 1.807) is 6.33 Å². The highest BCUT2D eigenvalue weighted by atomic mass is 16.5. The van der Waals surface area contributed by atoms with Crippen molar-refractivity contribution >= 4 is 22.8 Å². The monoisotopic (exact) mass is 314 g/mol. The van der Waals surface area contributed by atoms with E-state index in [0.29, 0.717) is 11.8 Å². The molecule has 2 fully saturated rings. The van der Waals surface area contributed by atoms with Crippen LogP contribution in [0.5, 0.6) is 0 Å². The number of fused-ring (bicyclic) bond motifs is 2. The first kappa shape index (κ1) is 14.5. The number of aryl methyl sites for hydroxylation is 1. The summed E-state index contributed by atoms with van der Waals surface area (Å²) in [6, 6.07) is 0. The minimum Gasteiger partial charge on any atom is -0.469 e. The molecular formula is C17H22N4O2. The Morgan fingerprint density at radius 3 is 2.74 bits per heavy atom. The van der Waals surface area contributed by atoms with Gasteiger partial charge in [-0.1, -0.05) is 6.92 Å². The van der Waals surface area contributed by atoms with Gasteiger partial charge in [-0.05, 0) is 36.7 Å². The topological polar surface area (TPSA) is 71.1 Å². The van der Waals surface area contributed by atoms with Crippen molar-refractivity contribution in [1.82, 2.24) is 15.0 Å². The number of ether oxygens (including phenoxy) is 1. The lowest BCUT2D eigenvalue weighted by Crippen LogP contribution is -2.24. The van der Waals surface area contributed by atoms with Crippen LogP contribution >= 0.6 is 0 Å². The molecule has 1 saturated heterocycles. The number of H-pyrrole nitrogens is 1. The Hall–Kier alpha value is -2.11. The van der Waals surface area contributed by atoms with Crippen LogP contribution in [0.4, 0.5) is 5.82 Å². The second-order valence-electron chi connectivity index (χ2n) is 6.70. The Balaban J connectivity index is 1.58. The van der Waals surface area contributed by atoms with E-state index in [0.717, 1.165) is 49.2 Å². The van der Waals surface area contributed by atoms with Crippen LogP contribution in [0.15, 0.2) is 12.5 Å². The molecular weight excluding hydrogens is 292 g/mol. The second kappa shape index (κ2) is 5.51. The van der Waals surface area contributed by atoms with Crippen LogP contribution in [0.25, 0.3) is 11.0 Å². The third-order valence-corrected chi connectivity index (χ3v) is 5.50. The largest absolute Gasteiger partial charge is 0.469 e. The van der Waals surface area contributed by atoms with Gasteiger partial charge in [0.1, 0.15) is 17.8 Å². The highest BCUT2D eigenvalue weighted by Gasteiger charge is 2.44. The number of nitrogens with zero attached hydrogens (tertiary/aromatic N) is 3. The number of hydrogen-bond donors (Lipinski definition) is 1. The second-order valence-corrected chi connectivity index (χ2v) is 6.70. The highest BCUT2D eigenvalue weighted by Crippen LogP contribution is 2.44. The zero-order chi connectivity index (χ0) is 16.0. The Morgan fingerprint density at radius 2 is 2.09 bits per heavy atom. The molecule has 1 aliphatic carbocycles. The van der Waals surface area contributed by atoms with Crippen molar-refractivity contribution in [2.75, 3.05) is 25.1 Å². The van der Waals surface area contributed by atoms with E-state index < -0.39 is 0 Å². The zero-order valence-electron chi connectivity index (χ0n) is 13.6. The third kappa shape index (κ3) is 2.28. The maximum absolute atomic E-state index is 11.8. The lowest BCUT2D eigenvalue weighted by molar-refractivity contribution is -0.145. The quantitative estimate of drug-likeness (QED) is 0.879. The van der Waals surface area contributed by atoms with Gasteiger partial charge in [-0.3, -0.25) is 4.79 Å². The van der Waals surface area contributed by atoms with Gasteiger partial charge in [0.05, 0.1) is 18.4 Å². The molecule has 23 heavy (non-hydrogen) atoms. The fourth-order valence-corrected chi connectivity index (χ4v) is 4.36. The fraction of sp³-hybridized carbons (Fsp3) is 0.588. The number of methoxy groups -OCH3 is 1. The van der Waals surface area contributed by atoms with Crippen LogP contribution in [0.3, 0.4) is 0 Å². The SMILES string of the molecule is CCc1c[nH]c2ncnc(N3C[C@H]4CC(C(=O)OC)C[C@H]4C3)c12. The number of rotatable bonds is 3. The average Bonchev–Trinajstić information content (AvgIpc) is 3.25. The van der Waals surface area contributed by atoms with Crippen molar-refractivity contribution in [3.05, 3.63) is 18.1 Å². The number of carbonyl (C=O) groups is 1. The van der Waals surface area contributed by atoms with Gasteiger partial charge in [0.15, 0.2) is 0 Å². The lowest BCUT2D eigenvalue weighted by Gasteiger charge is -2.20. The zero-order valence-corrected chi connectivity index (χ0v) is 13.6. The molecule has 1 aliphatic heterocycles. The normalized spacial score (nSPS) is 26.7. The molecule has 2 aliphatic rings. The minimum absolute atomic E-state index is 0.0470. The van der Waals surface area contributed by atoms with E-state index in [9.17, 15) is 4.79 Å². The van der Waals surface area contributed by atoms with Crippen LogP contribution in [0, 0.1) is 17.8 Å². The van der Waals surface area contributed by atoms with Gasteiger partial charge in [0.25, 0.3) is 0 Å². The number of aromatic nitrogens is 3. The van der Waals surface area contributed by atoms with E-state index in [4.69, 9.17) is 4.74 Å². The molecule has 4 rings (SSSR count). The number of carbonyl (C=O) groups excluding carboxylic acids is 1. The number of aromatic amines is 1. The first-order chi connectivity index (χ1) is 11.2. The summed E-state index contributed by atoms with van der Waals surface area (Å²) in [7, 11) is 1.48. The van der Waals surface area contributed by atoms with Crippen LogP contribution in [-0.4, -0.2) is 41.1 Å². The predicted molar refractivity (Wildman–Crippen MR) is 87.2 cm³/mol. The van der Waals surface area contributed by atoms with Crippen molar-refractivity contribution in [1.29, 1.82) is 0 Å². The first-order valence-electron chi connectivity index (χ1n) is 8.35. The summed E-state index contributed by atoms with van der Waals surface area (Å²) in [5.41, 5.74) is 2.18. The van der Waals surface area contributed by atoms with E-state index in [2.05, 4.69) is 26.8 Å². The summed E-state index contributed by atoms with van der Waals surface area (Å²) >= 11 is 0. The van der Waals surface area contributed by atoms with E-state index in [1.165, 1.54) is 12.7 Å². The number of nitrogens with one attached hydrogen (secondary N) is 1. The van der Waals surface area contributed by atoms with E-state index >= 15 is 0 Å². The molecule has 6 nitrogen and oxygen atoms in total. The molecule has 0 amide bonds. The summed E-state index contributed by atoms with van der Waals surface area (Å²) < 4.78 is 4.91. The molecule has 3 atom stereocenters. The van der Waals surface area contributed by atoms with Gasteiger partial charge in [-0.15, -0.1) is 0 Å². The highest BCUT2D eigenvalue weighted by molar-refractivity contribution is 5.91. The van der Waals surface area contributed by atoms with Gasteiger partial charge in [-0.25, -0.2) is 9.97 Å². The van der Waals surface area contributed by atoms with Crippen LogP contribution in [0.1, 0.15) is 25.3 Å². The molecule has 2 aromatic rings. The van der Waals surface area contributed by atoms with Gasteiger partial charge in [0.2, 0.25) is 0 Å². The molecule has 1 unspecified atom stereocenters. The third-order valence-electron chi connectivity index (χ3n) is 5.50. The predicted octanol–water partition coefficient (Wildman–Crippen LogP) is 2.16. The summed E-state index contributed by atoms with van der Waals surface area (Å²) in [4.78, 5) is 26.3. The standard InChI is InChI=1S/C17H22N4O2/c1-3-10-6-18-15-14(10)16(20-9-19-15)21-7-12-4-11(17(22)23-2)5-13(12)8-21/h6,9,11-13H,3-5,7-8H2,1-2H3,(H,18,19,20)/t11?,12-,13+. The van der Waals surface area contributed by atoms with Crippen molar-refractivity contribution in [2.45, 2.75) is 26.2 Å². The molecule has 2 aromatic heterocycles. The lowest BCUT2D eigenvalue weighted by atomic mass is 10.0. The van der Waals surface area contributed by atoms with Crippen LogP contribution < -0.4 is 4.90 Å². The first-order valence-corrected chi connectivity index (χ1v) is 8.35. The summed E-state index contributed by atoms with van der Waals surface area (Å²) in [6.07, 6.45) is 6.52. The molecule has 0 bridgehead atoms. The van der Waals surface area contributed by atoms with E-state index in [-0.39, 0.29) is 11.9 Å². The van der Waals surface area contributed by atoms with Gasteiger partial charge in [0, 0.05) is 19.3 Å². The maximum Gasteiger partial charge on any atom is 0.308 e. The fourth-order valence-electron chi connectivity index (χ4n) is 4.36. The molecule has 3 heterocycles. The number of hydrogen-bond acceptors (Lipinski definition) is 5. The smallest absolute Gasteiger partial charge is 0.308 e. The number of esters is 1. The Kier molecular flexibility index (Phi) is 3.47. The summed E-state index contributed by atoms with van der Waals surface area (Å²) in [5, 5.41) is 1.15. The molecule has 0 aromatic carbocycles. The van der Waals surface area contributed by atoms with Crippen molar-refractivity contribution in [2.24, 2.45) is 17.8 Å². The minimum atomic E-state index is -0.0470. The average molecular weight is 314 g/mol. The summed E-state index contributed by atoms with van der Waals surface area (Å²) in [5.74, 6) is 2.20. The molecule has 122 valence electrons. The van der Waals surface area contributed by atoms with E-state index in [1.807, 2.05) is 6.20 Å². The Morgan fingerprint density at radius 1 is 1.35 bits per heavy atom. The number of anilines is 1. The van der Waals surface area contributed by atoms with Crippen molar-refractivity contribution in [3.8, 4) is 0 Å². The van der Waals surface area contributed by atoms with Gasteiger partial charge >= 0.3 is 5.97 Å². The van der Waals surface area contributed by atoms with Gasteiger partial charge < -0.3 is 14.6 Å². The van der Waals surface area contributed by atoms with Crippen molar-refractivity contribution in [3.63, 3.8) is 0 Å². The molecule has 1 N–H and O–H groups in total. The molecule has 0 radical (unpaired) electrons.